The number of hydrogen-bond donors (Lipinski definition) is 1. The summed E-state index contributed by atoms with van der Waals surface area (Å²) in [5, 5.41) is 0. The lowest BCUT2D eigenvalue weighted by Crippen LogP contribution is -2.31. The number of para-hydroxylation sites is 1. The van der Waals surface area contributed by atoms with Crippen molar-refractivity contribution < 1.29 is 9.53 Å². The Bertz CT molecular complexity index is 747. The van der Waals surface area contributed by atoms with Crippen molar-refractivity contribution in [3.05, 3.63) is 65.7 Å². The lowest BCUT2D eigenvalue weighted by atomic mass is 9.89. The summed E-state index contributed by atoms with van der Waals surface area (Å²) in [6, 6.07) is 18.5. The van der Waals surface area contributed by atoms with Gasteiger partial charge in [0, 0.05) is 25.4 Å². The third-order valence-corrected chi connectivity index (χ3v) is 5.61. The number of methoxy groups -OCH3 is 1. The third kappa shape index (κ3) is 4.69. The highest BCUT2D eigenvalue weighted by Gasteiger charge is 2.35. The SMILES string of the molecule is COc1ccccc1CC(C)CC(=O)N1C[C@@H](CN)[C@H](c2ccccc2)C1. The van der Waals surface area contributed by atoms with Crippen molar-refractivity contribution in [3.63, 3.8) is 0 Å². The minimum absolute atomic E-state index is 0.231. The molecule has 1 heterocycles. The van der Waals surface area contributed by atoms with Crippen molar-refractivity contribution >= 4 is 5.91 Å². The Kier molecular flexibility index (Phi) is 6.51. The van der Waals surface area contributed by atoms with Crippen LogP contribution in [0.5, 0.6) is 5.75 Å². The van der Waals surface area contributed by atoms with Gasteiger partial charge in [0.1, 0.15) is 5.75 Å². The van der Waals surface area contributed by atoms with E-state index in [0.29, 0.717) is 24.8 Å². The largest absolute Gasteiger partial charge is 0.496 e. The normalized spacial score (nSPS) is 20.5. The van der Waals surface area contributed by atoms with E-state index in [2.05, 4.69) is 37.3 Å². The third-order valence-electron chi connectivity index (χ3n) is 5.61. The zero-order chi connectivity index (χ0) is 19.2. The Labute approximate surface area is 162 Å². The molecule has 0 aromatic heterocycles. The Morgan fingerprint density at radius 3 is 2.56 bits per heavy atom. The van der Waals surface area contributed by atoms with E-state index in [1.165, 1.54) is 5.56 Å². The molecule has 1 saturated heterocycles. The zero-order valence-corrected chi connectivity index (χ0v) is 16.3. The van der Waals surface area contributed by atoms with Crippen LogP contribution in [0.1, 0.15) is 30.4 Å². The van der Waals surface area contributed by atoms with Crippen LogP contribution in [0.2, 0.25) is 0 Å². The van der Waals surface area contributed by atoms with Crippen molar-refractivity contribution in [3.8, 4) is 5.75 Å². The molecule has 2 N–H and O–H groups in total. The van der Waals surface area contributed by atoms with Crippen molar-refractivity contribution in [2.24, 2.45) is 17.6 Å². The first kappa shape index (κ1) is 19.4. The van der Waals surface area contributed by atoms with Gasteiger partial charge >= 0.3 is 0 Å². The fourth-order valence-corrected chi connectivity index (χ4v) is 4.14. The molecule has 0 saturated carbocycles. The number of carbonyl (C=O) groups excluding carboxylic acids is 1. The fourth-order valence-electron chi connectivity index (χ4n) is 4.14. The van der Waals surface area contributed by atoms with Gasteiger partial charge in [-0.05, 0) is 42.0 Å². The molecular weight excluding hydrogens is 336 g/mol. The van der Waals surface area contributed by atoms with E-state index in [-0.39, 0.29) is 11.8 Å². The molecule has 1 aliphatic heterocycles. The summed E-state index contributed by atoms with van der Waals surface area (Å²) in [4.78, 5) is 14.9. The molecule has 1 amide bonds. The summed E-state index contributed by atoms with van der Waals surface area (Å²) in [7, 11) is 1.69. The van der Waals surface area contributed by atoms with Gasteiger partial charge in [-0.1, -0.05) is 55.5 Å². The van der Waals surface area contributed by atoms with Gasteiger partial charge < -0.3 is 15.4 Å². The Hall–Kier alpha value is -2.33. The summed E-state index contributed by atoms with van der Waals surface area (Å²) in [6.07, 6.45) is 1.39. The van der Waals surface area contributed by atoms with Gasteiger partial charge in [-0.2, -0.15) is 0 Å². The van der Waals surface area contributed by atoms with Crippen LogP contribution in [-0.2, 0) is 11.2 Å². The van der Waals surface area contributed by atoms with Crippen LogP contribution in [0.15, 0.2) is 54.6 Å². The molecule has 0 radical (unpaired) electrons. The number of nitrogens with zero attached hydrogens (tertiary/aromatic N) is 1. The van der Waals surface area contributed by atoms with Crippen LogP contribution in [-0.4, -0.2) is 37.6 Å². The van der Waals surface area contributed by atoms with Crippen molar-refractivity contribution in [2.45, 2.75) is 25.7 Å². The van der Waals surface area contributed by atoms with Gasteiger partial charge in [-0.15, -0.1) is 0 Å². The first-order chi connectivity index (χ1) is 13.1. The zero-order valence-electron chi connectivity index (χ0n) is 16.3. The highest BCUT2D eigenvalue weighted by molar-refractivity contribution is 5.77. The van der Waals surface area contributed by atoms with E-state index in [1.54, 1.807) is 7.11 Å². The van der Waals surface area contributed by atoms with Gasteiger partial charge in [0.05, 0.1) is 7.11 Å². The smallest absolute Gasteiger partial charge is 0.222 e. The molecule has 27 heavy (non-hydrogen) atoms. The quantitative estimate of drug-likeness (QED) is 0.816. The molecule has 1 aliphatic rings. The maximum atomic E-state index is 12.9. The number of carbonyl (C=O) groups is 1. The number of amides is 1. The van der Waals surface area contributed by atoms with Crippen molar-refractivity contribution in [1.82, 2.24) is 4.90 Å². The van der Waals surface area contributed by atoms with E-state index >= 15 is 0 Å². The average Bonchev–Trinajstić information content (AvgIpc) is 3.13. The van der Waals surface area contributed by atoms with Crippen LogP contribution < -0.4 is 10.5 Å². The van der Waals surface area contributed by atoms with Crippen molar-refractivity contribution in [2.75, 3.05) is 26.7 Å². The molecule has 3 rings (SSSR count). The second kappa shape index (κ2) is 9.05. The van der Waals surface area contributed by atoms with Crippen LogP contribution in [0.3, 0.4) is 0 Å². The van der Waals surface area contributed by atoms with Gasteiger partial charge in [0.15, 0.2) is 0 Å². The van der Waals surface area contributed by atoms with Crippen LogP contribution in [0, 0.1) is 11.8 Å². The number of ether oxygens (including phenoxy) is 1. The molecule has 1 unspecified atom stereocenters. The molecule has 0 aliphatic carbocycles. The number of rotatable bonds is 7. The fraction of sp³-hybridized carbons (Fsp3) is 0.435. The standard InChI is InChI=1S/C23H30N2O2/c1-17(12-19-10-6-7-11-22(19)27-2)13-23(26)25-15-20(14-24)21(16-25)18-8-4-3-5-9-18/h3-11,17,20-21H,12-16,24H2,1-2H3/t17?,20-,21+/m1/s1. The minimum Gasteiger partial charge on any atom is -0.496 e. The molecule has 4 heteroatoms. The van der Waals surface area contributed by atoms with E-state index < -0.39 is 0 Å². The maximum Gasteiger partial charge on any atom is 0.222 e. The number of benzene rings is 2. The molecule has 4 nitrogen and oxygen atoms in total. The van der Waals surface area contributed by atoms with Gasteiger partial charge in [-0.3, -0.25) is 4.79 Å². The number of nitrogens with two attached hydrogens (primary N) is 1. The minimum atomic E-state index is 0.231. The van der Waals surface area contributed by atoms with Gasteiger partial charge in [0.25, 0.3) is 0 Å². The predicted molar refractivity (Wildman–Crippen MR) is 109 cm³/mol. The van der Waals surface area contributed by atoms with Crippen LogP contribution >= 0.6 is 0 Å². The topological polar surface area (TPSA) is 55.6 Å². The molecule has 0 spiro atoms. The highest BCUT2D eigenvalue weighted by Crippen LogP contribution is 2.33. The Morgan fingerprint density at radius 1 is 1.15 bits per heavy atom. The summed E-state index contributed by atoms with van der Waals surface area (Å²) < 4.78 is 5.43. The molecule has 3 atom stereocenters. The first-order valence-corrected chi connectivity index (χ1v) is 9.77. The molecule has 144 valence electrons. The molecule has 0 bridgehead atoms. The molecule has 2 aromatic carbocycles. The van der Waals surface area contributed by atoms with Crippen LogP contribution in [0.4, 0.5) is 0 Å². The second-order valence-electron chi connectivity index (χ2n) is 7.64. The first-order valence-electron chi connectivity index (χ1n) is 9.77. The lowest BCUT2D eigenvalue weighted by Gasteiger charge is -2.20. The van der Waals surface area contributed by atoms with Gasteiger partial charge in [0.2, 0.25) is 5.91 Å². The van der Waals surface area contributed by atoms with Crippen LogP contribution in [0.25, 0.3) is 0 Å². The second-order valence-corrected chi connectivity index (χ2v) is 7.64. The number of likely N-dealkylation sites (tertiary alicyclic amines) is 1. The summed E-state index contributed by atoms with van der Waals surface area (Å²) in [5.74, 6) is 2.06. The van der Waals surface area contributed by atoms with Gasteiger partial charge in [-0.25, -0.2) is 0 Å². The van der Waals surface area contributed by atoms with E-state index in [1.807, 2.05) is 29.2 Å². The Morgan fingerprint density at radius 2 is 1.85 bits per heavy atom. The molecule has 2 aromatic rings. The van der Waals surface area contributed by atoms with E-state index in [4.69, 9.17) is 10.5 Å². The van der Waals surface area contributed by atoms with E-state index in [9.17, 15) is 4.79 Å². The lowest BCUT2D eigenvalue weighted by molar-refractivity contribution is -0.131. The maximum absolute atomic E-state index is 12.9. The molecular formula is C23H30N2O2. The highest BCUT2D eigenvalue weighted by atomic mass is 16.5. The Balaban J connectivity index is 1.61. The summed E-state index contributed by atoms with van der Waals surface area (Å²) in [5.41, 5.74) is 8.45. The summed E-state index contributed by atoms with van der Waals surface area (Å²) >= 11 is 0. The average molecular weight is 367 g/mol. The van der Waals surface area contributed by atoms with Crippen molar-refractivity contribution in [1.29, 1.82) is 0 Å². The summed E-state index contributed by atoms with van der Waals surface area (Å²) in [6.45, 7) is 4.28. The predicted octanol–water partition coefficient (Wildman–Crippen LogP) is 3.46. The monoisotopic (exact) mass is 366 g/mol. The van der Waals surface area contributed by atoms with E-state index in [0.717, 1.165) is 30.8 Å². The number of hydrogen-bond acceptors (Lipinski definition) is 3. The molecule has 1 fully saturated rings.